The summed E-state index contributed by atoms with van der Waals surface area (Å²) >= 11 is 0. The predicted octanol–water partition coefficient (Wildman–Crippen LogP) is 3.13. The standard InChI is InChI=1S/C20H28N4O4/c1-12(2)18(25)23-17-15-7-6-14(24(15)22-11-21-17)16-8-9-20(5,28-16)10-27-19(26)13(3)4/h6-7,11-13,16H,8-10H2,1-5H3,(H,21,22,23,25)/t16?,20-/m0/s1. The molecule has 3 heterocycles. The molecule has 2 aromatic heterocycles. The number of hydrogen-bond acceptors (Lipinski definition) is 6. The summed E-state index contributed by atoms with van der Waals surface area (Å²) in [6.45, 7) is 9.47. The Kier molecular flexibility index (Phi) is 5.69. The van der Waals surface area contributed by atoms with Gasteiger partial charge in [-0.2, -0.15) is 5.10 Å². The van der Waals surface area contributed by atoms with Crippen LogP contribution in [0, 0.1) is 11.8 Å². The number of fused-ring (bicyclic) bond motifs is 1. The zero-order chi connectivity index (χ0) is 20.5. The van der Waals surface area contributed by atoms with Crippen LogP contribution in [0.4, 0.5) is 5.82 Å². The minimum atomic E-state index is -0.527. The predicted molar refractivity (Wildman–Crippen MR) is 104 cm³/mol. The Labute approximate surface area is 164 Å². The van der Waals surface area contributed by atoms with Crippen molar-refractivity contribution in [1.82, 2.24) is 14.6 Å². The Bertz CT molecular complexity index is 876. The van der Waals surface area contributed by atoms with Gasteiger partial charge in [-0.25, -0.2) is 9.50 Å². The Hall–Kier alpha value is -2.48. The molecule has 0 bridgehead atoms. The van der Waals surface area contributed by atoms with Gasteiger partial charge in [-0.15, -0.1) is 0 Å². The fourth-order valence-electron chi connectivity index (χ4n) is 3.16. The molecule has 1 unspecified atom stereocenters. The van der Waals surface area contributed by atoms with Gasteiger partial charge in [0.2, 0.25) is 5.91 Å². The van der Waals surface area contributed by atoms with E-state index in [1.54, 1.807) is 4.52 Å². The van der Waals surface area contributed by atoms with Crippen LogP contribution < -0.4 is 5.32 Å². The minimum Gasteiger partial charge on any atom is -0.462 e. The van der Waals surface area contributed by atoms with Gasteiger partial charge in [-0.05, 0) is 31.9 Å². The third kappa shape index (κ3) is 4.16. The lowest BCUT2D eigenvalue weighted by Crippen LogP contribution is -2.32. The number of rotatable bonds is 6. The summed E-state index contributed by atoms with van der Waals surface area (Å²) in [6, 6.07) is 3.81. The maximum Gasteiger partial charge on any atom is 0.308 e. The second-order valence-electron chi connectivity index (χ2n) is 8.17. The number of aromatic nitrogens is 3. The fourth-order valence-corrected chi connectivity index (χ4v) is 3.16. The highest BCUT2D eigenvalue weighted by Gasteiger charge is 2.39. The first-order valence-electron chi connectivity index (χ1n) is 9.68. The monoisotopic (exact) mass is 388 g/mol. The quantitative estimate of drug-likeness (QED) is 0.764. The van der Waals surface area contributed by atoms with E-state index in [4.69, 9.17) is 9.47 Å². The van der Waals surface area contributed by atoms with E-state index in [1.165, 1.54) is 6.33 Å². The Morgan fingerprint density at radius 2 is 2.07 bits per heavy atom. The Morgan fingerprint density at radius 3 is 2.75 bits per heavy atom. The lowest BCUT2D eigenvalue weighted by atomic mass is 10.0. The molecule has 8 nitrogen and oxygen atoms in total. The molecule has 1 aliphatic heterocycles. The van der Waals surface area contributed by atoms with Crippen LogP contribution in [0.5, 0.6) is 0 Å². The van der Waals surface area contributed by atoms with Crippen LogP contribution in [0.2, 0.25) is 0 Å². The number of carbonyl (C=O) groups excluding carboxylic acids is 2. The molecule has 0 saturated carbocycles. The van der Waals surface area contributed by atoms with Crippen molar-refractivity contribution >= 4 is 23.2 Å². The van der Waals surface area contributed by atoms with Gasteiger partial charge < -0.3 is 14.8 Å². The maximum absolute atomic E-state index is 12.0. The third-order valence-electron chi connectivity index (χ3n) is 4.93. The van der Waals surface area contributed by atoms with Gasteiger partial charge in [0.25, 0.3) is 0 Å². The first kappa shape index (κ1) is 20.3. The molecule has 2 aromatic rings. The van der Waals surface area contributed by atoms with Crippen molar-refractivity contribution < 1.29 is 19.1 Å². The van der Waals surface area contributed by atoms with Gasteiger partial charge in [0.15, 0.2) is 5.82 Å². The molecule has 1 fully saturated rings. The molecule has 2 atom stereocenters. The van der Waals surface area contributed by atoms with E-state index < -0.39 is 5.60 Å². The molecule has 0 aliphatic carbocycles. The molecule has 1 amide bonds. The van der Waals surface area contributed by atoms with Crippen molar-refractivity contribution in [2.75, 3.05) is 11.9 Å². The third-order valence-corrected chi connectivity index (χ3v) is 4.93. The van der Waals surface area contributed by atoms with Crippen LogP contribution in [0.15, 0.2) is 18.5 Å². The van der Waals surface area contributed by atoms with Gasteiger partial charge in [-0.1, -0.05) is 27.7 Å². The molecule has 3 rings (SSSR count). The average Bonchev–Trinajstić information content (AvgIpc) is 3.24. The van der Waals surface area contributed by atoms with Gasteiger partial charge in [0.05, 0.1) is 11.6 Å². The molecule has 0 spiro atoms. The van der Waals surface area contributed by atoms with Gasteiger partial charge in [-0.3, -0.25) is 9.59 Å². The molecule has 0 radical (unpaired) electrons. The highest BCUT2D eigenvalue weighted by atomic mass is 16.6. The van der Waals surface area contributed by atoms with E-state index in [2.05, 4.69) is 15.4 Å². The summed E-state index contributed by atoms with van der Waals surface area (Å²) in [5, 5.41) is 7.17. The van der Waals surface area contributed by atoms with E-state index in [-0.39, 0.29) is 36.4 Å². The number of hydrogen-bond donors (Lipinski definition) is 1. The summed E-state index contributed by atoms with van der Waals surface area (Å²) in [7, 11) is 0. The van der Waals surface area contributed by atoms with Crippen LogP contribution in [-0.4, -0.2) is 38.7 Å². The zero-order valence-corrected chi connectivity index (χ0v) is 17.1. The first-order chi connectivity index (χ1) is 13.2. The van der Waals surface area contributed by atoms with Gasteiger partial charge in [0, 0.05) is 5.92 Å². The maximum atomic E-state index is 12.0. The number of carbonyl (C=O) groups is 2. The van der Waals surface area contributed by atoms with Gasteiger partial charge >= 0.3 is 5.97 Å². The molecule has 1 aliphatic rings. The van der Waals surface area contributed by atoms with E-state index in [0.29, 0.717) is 5.82 Å². The molecular weight excluding hydrogens is 360 g/mol. The van der Waals surface area contributed by atoms with E-state index >= 15 is 0 Å². The summed E-state index contributed by atoms with van der Waals surface area (Å²) < 4.78 is 13.4. The topological polar surface area (TPSA) is 94.8 Å². The first-order valence-corrected chi connectivity index (χ1v) is 9.68. The molecule has 1 N–H and O–H groups in total. The van der Waals surface area contributed by atoms with Gasteiger partial charge in [0.1, 0.15) is 30.2 Å². The summed E-state index contributed by atoms with van der Waals surface area (Å²) in [5.41, 5.74) is 1.08. The number of nitrogens with one attached hydrogen (secondary N) is 1. The Morgan fingerprint density at radius 1 is 1.32 bits per heavy atom. The van der Waals surface area contributed by atoms with E-state index in [0.717, 1.165) is 24.1 Å². The van der Waals surface area contributed by atoms with Crippen molar-refractivity contribution in [3.8, 4) is 0 Å². The lowest BCUT2D eigenvalue weighted by Gasteiger charge is -2.24. The largest absolute Gasteiger partial charge is 0.462 e. The number of amides is 1. The molecule has 152 valence electrons. The smallest absolute Gasteiger partial charge is 0.308 e. The van der Waals surface area contributed by atoms with Crippen LogP contribution in [0.1, 0.15) is 59.3 Å². The normalized spacial score (nSPS) is 22.2. The number of anilines is 1. The van der Waals surface area contributed by atoms with Crippen LogP contribution in [-0.2, 0) is 19.1 Å². The van der Waals surface area contributed by atoms with Crippen molar-refractivity contribution in [2.24, 2.45) is 11.8 Å². The lowest BCUT2D eigenvalue weighted by molar-refractivity contribution is -0.157. The van der Waals surface area contributed by atoms with Crippen LogP contribution in [0.25, 0.3) is 5.52 Å². The van der Waals surface area contributed by atoms with Crippen molar-refractivity contribution in [2.45, 2.75) is 59.2 Å². The number of nitrogens with zero attached hydrogens (tertiary/aromatic N) is 3. The van der Waals surface area contributed by atoms with E-state index in [9.17, 15) is 9.59 Å². The van der Waals surface area contributed by atoms with Crippen LogP contribution in [0.3, 0.4) is 0 Å². The van der Waals surface area contributed by atoms with Crippen molar-refractivity contribution in [1.29, 1.82) is 0 Å². The molecule has 0 aromatic carbocycles. The highest BCUT2D eigenvalue weighted by Crippen LogP contribution is 2.40. The molecule has 8 heteroatoms. The number of esters is 1. The molecule has 28 heavy (non-hydrogen) atoms. The summed E-state index contributed by atoms with van der Waals surface area (Å²) in [5.74, 6) is -0.144. The summed E-state index contributed by atoms with van der Waals surface area (Å²) in [4.78, 5) is 28.0. The second-order valence-corrected chi connectivity index (χ2v) is 8.17. The van der Waals surface area contributed by atoms with Crippen LogP contribution >= 0.6 is 0 Å². The molecule has 1 saturated heterocycles. The second kappa shape index (κ2) is 7.87. The zero-order valence-electron chi connectivity index (χ0n) is 17.1. The van der Waals surface area contributed by atoms with Crippen molar-refractivity contribution in [3.05, 3.63) is 24.2 Å². The van der Waals surface area contributed by atoms with E-state index in [1.807, 2.05) is 46.8 Å². The minimum absolute atomic E-state index is 0.0972. The SMILES string of the molecule is CC(C)C(=O)Nc1ncnn2c(C3CC[C@@](C)(COC(=O)C(C)C)O3)ccc12. The highest BCUT2D eigenvalue weighted by molar-refractivity contribution is 5.94. The number of ether oxygens (including phenoxy) is 2. The Balaban J connectivity index is 1.76. The average molecular weight is 388 g/mol. The fraction of sp³-hybridized carbons (Fsp3) is 0.600. The van der Waals surface area contributed by atoms with Crippen molar-refractivity contribution in [3.63, 3.8) is 0 Å². The molecular formula is C20H28N4O4. The summed E-state index contributed by atoms with van der Waals surface area (Å²) in [6.07, 6.45) is 2.82.